The number of anilines is 2. The minimum absolute atomic E-state index is 0.120. The molecular weight excluding hydrogens is 368 g/mol. The number of hydrogen-bond donors (Lipinski definition) is 3. The van der Waals surface area contributed by atoms with Crippen molar-refractivity contribution in [2.45, 2.75) is 12.8 Å². The van der Waals surface area contributed by atoms with Crippen LogP contribution in [0.5, 0.6) is 0 Å². The van der Waals surface area contributed by atoms with Gasteiger partial charge in [-0.15, -0.1) is 0 Å². The van der Waals surface area contributed by atoms with Crippen LogP contribution in [0.4, 0.5) is 11.5 Å². The number of aryl methyl sites for hydroxylation is 1. The monoisotopic (exact) mass is 398 g/mol. The predicted octanol–water partition coefficient (Wildman–Crippen LogP) is -0.0144. The average Bonchev–Trinajstić information content (AvgIpc) is 2.74. The SMILES string of the molecule is CN1CCN(c2nc(CCCN)cn(-c3ccc(N(N)/C=C\N)cc3)c2=O)CC1. The van der Waals surface area contributed by atoms with Crippen molar-refractivity contribution >= 4 is 11.5 Å². The molecule has 0 radical (unpaired) electrons. The molecule has 0 spiro atoms. The molecule has 0 unspecified atom stereocenters. The molecule has 29 heavy (non-hydrogen) atoms. The van der Waals surface area contributed by atoms with E-state index in [1.165, 1.54) is 11.2 Å². The van der Waals surface area contributed by atoms with Gasteiger partial charge in [0, 0.05) is 50.5 Å². The van der Waals surface area contributed by atoms with E-state index in [9.17, 15) is 4.79 Å². The van der Waals surface area contributed by atoms with Crippen molar-refractivity contribution in [3.8, 4) is 5.69 Å². The second-order valence-corrected chi connectivity index (χ2v) is 7.18. The van der Waals surface area contributed by atoms with Crippen LogP contribution in [0.2, 0.25) is 0 Å². The Morgan fingerprint density at radius 2 is 1.86 bits per heavy atom. The van der Waals surface area contributed by atoms with Crippen molar-refractivity contribution in [3.05, 3.63) is 58.9 Å². The molecule has 1 aliphatic rings. The number of hydrazine groups is 1. The van der Waals surface area contributed by atoms with E-state index in [0.29, 0.717) is 12.4 Å². The summed E-state index contributed by atoms with van der Waals surface area (Å²) in [6.07, 6.45) is 6.29. The van der Waals surface area contributed by atoms with Gasteiger partial charge in [-0.2, -0.15) is 0 Å². The second kappa shape index (κ2) is 9.55. The van der Waals surface area contributed by atoms with Crippen molar-refractivity contribution in [2.75, 3.05) is 49.7 Å². The van der Waals surface area contributed by atoms with Crippen LogP contribution < -0.4 is 32.8 Å². The maximum Gasteiger partial charge on any atom is 0.298 e. The van der Waals surface area contributed by atoms with Gasteiger partial charge in [0.1, 0.15) is 0 Å². The third-order valence-electron chi connectivity index (χ3n) is 5.05. The fraction of sp³-hybridized carbons (Fsp3) is 0.400. The summed E-state index contributed by atoms with van der Waals surface area (Å²) in [7, 11) is 2.09. The van der Waals surface area contributed by atoms with Crippen molar-refractivity contribution in [1.29, 1.82) is 0 Å². The first-order chi connectivity index (χ1) is 14.0. The van der Waals surface area contributed by atoms with Gasteiger partial charge in [-0.25, -0.2) is 10.8 Å². The van der Waals surface area contributed by atoms with Gasteiger partial charge >= 0.3 is 0 Å². The van der Waals surface area contributed by atoms with E-state index in [1.807, 2.05) is 30.5 Å². The summed E-state index contributed by atoms with van der Waals surface area (Å²) in [6.45, 7) is 3.96. The summed E-state index contributed by atoms with van der Waals surface area (Å²) in [5, 5.41) is 1.42. The number of piperazine rings is 1. The zero-order valence-electron chi connectivity index (χ0n) is 16.9. The number of likely N-dealkylation sites (N-methyl/N-ethyl adjacent to an activating group) is 1. The largest absolute Gasteiger partial charge is 0.403 e. The first-order valence-corrected chi connectivity index (χ1v) is 9.82. The third kappa shape index (κ3) is 4.94. The summed E-state index contributed by atoms with van der Waals surface area (Å²) in [6, 6.07) is 7.41. The standard InChI is InChI=1S/C20H30N8O/c1-25-11-13-26(14-12-25)19-20(29)27(15-16(24-19)3-2-8-21)17-4-6-18(7-5-17)28(23)10-9-22/h4-7,9-10,15H,2-3,8,11-14,21-23H2,1H3/b10-9-. The molecule has 6 N–H and O–H groups in total. The zero-order valence-corrected chi connectivity index (χ0v) is 16.9. The lowest BCUT2D eigenvalue weighted by atomic mass is 10.2. The maximum atomic E-state index is 13.3. The predicted molar refractivity (Wildman–Crippen MR) is 117 cm³/mol. The Hall–Kier alpha value is -2.88. The van der Waals surface area contributed by atoms with Crippen LogP contribution in [-0.2, 0) is 6.42 Å². The van der Waals surface area contributed by atoms with Crippen molar-refractivity contribution in [3.63, 3.8) is 0 Å². The second-order valence-electron chi connectivity index (χ2n) is 7.18. The van der Waals surface area contributed by atoms with Crippen molar-refractivity contribution in [1.82, 2.24) is 14.5 Å². The molecule has 9 nitrogen and oxygen atoms in total. The molecule has 9 heteroatoms. The fourth-order valence-electron chi connectivity index (χ4n) is 3.31. The molecule has 1 aromatic carbocycles. The van der Waals surface area contributed by atoms with Crippen molar-refractivity contribution in [2.24, 2.45) is 17.3 Å². The molecule has 1 fully saturated rings. The first-order valence-electron chi connectivity index (χ1n) is 9.82. The fourth-order valence-corrected chi connectivity index (χ4v) is 3.31. The zero-order chi connectivity index (χ0) is 20.8. The maximum absolute atomic E-state index is 13.3. The topological polar surface area (TPSA) is 123 Å². The van der Waals surface area contributed by atoms with Crippen LogP contribution >= 0.6 is 0 Å². The van der Waals surface area contributed by atoms with Gasteiger partial charge < -0.3 is 21.3 Å². The normalized spacial score (nSPS) is 15.2. The molecule has 156 valence electrons. The van der Waals surface area contributed by atoms with E-state index in [2.05, 4.69) is 21.8 Å². The number of nitrogens with zero attached hydrogens (tertiary/aromatic N) is 5. The summed E-state index contributed by atoms with van der Waals surface area (Å²) in [4.78, 5) is 22.3. The molecule has 1 saturated heterocycles. The molecule has 1 aliphatic heterocycles. The van der Waals surface area contributed by atoms with Gasteiger partial charge in [-0.1, -0.05) is 0 Å². The molecule has 0 atom stereocenters. The van der Waals surface area contributed by atoms with Gasteiger partial charge in [-0.05, 0) is 50.7 Å². The van der Waals surface area contributed by atoms with Gasteiger partial charge in [-0.3, -0.25) is 14.4 Å². The minimum Gasteiger partial charge on any atom is -0.403 e. The van der Waals surface area contributed by atoms with Crippen LogP contribution in [-0.4, -0.2) is 54.2 Å². The Morgan fingerprint density at radius 3 is 2.48 bits per heavy atom. The van der Waals surface area contributed by atoms with Crippen molar-refractivity contribution < 1.29 is 0 Å². The number of hydrogen-bond acceptors (Lipinski definition) is 8. The van der Waals surface area contributed by atoms with Gasteiger partial charge in [0.25, 0.3) is 5.56 Å². The molecule has 3 rings (SSSR count). The number of rotatable bonds is 7. The lowest BCUT2D eigenvalue weighted by Gasteiger charge is -2.33. The molecule has 0 bridgehead atoms. The molecule has 0 amide bonds. The average molecular weight is 399 g/mol. The highest BCUT2D eigenvalue weighted by molar-refractivity contribution is 5.52. The molecule has 0 aliphatic carbocycles. The van der Waals surface area contributed by atoms with Gasteiger partial charge in [0.2, 0.25) is 0 Å². The van der Waals surface area contributed by atoms with E-state index in [1.54, 1.807) is 10.8 Å². The first kappa shape index (κ1) is 20.8. The van der Waals surface area contributed by atoms with Crippen LogP contribution in [0.3, 0.4) is 0 Å². The van der Waals surface area contributed by atoms with Gasteiger partial charge in [0.05, 0.1) is 11.4 Å². The van der Waals surface area contributed by atoms with Crippen LogP contribution in [0.1, 0.15) is 12.1 Å². The Balaban J connectivity index is 1.98. The van der Waals surface area contributed by atoms with Crippen LogP contribution in [0, 0.1) is 0 Å². The summed E-state index contributed by atoms with van der Waals surface area (Å²) < 4.78 is 1.66. The lowest BCUT2D eigenvalue weighted by Crippen LogP contribution is -2.47. The Labute approximate surface area is 171 Å². The highest BCUT2D eigenvalue weighted by Crippen LogP contribution is 2.17. The Morgan fingerprint density at radius 1 is 1.17 bits per heavy atom. The Kier molecular flexibility index (Phi) is 6.86. The highest BCUT2D eigenvalue weighted by Gasteiger charge is 2.20. The Bertz CT molecular complexity index is 884. The highest BCUT2D eigenvalue weighted by atomic mass is 16.1. The van der Waals surface area contributed by atoms with Gasteiger partial charge in [0.15, 0.2) is 5.82 Å². The minimum atomic E-state index is -0.120. The summed E-state index contributed by atoms with van der Waals surface area (Å²) >= 11 is 0. The van der Waals surface area contributed by atoms with E-state index in [-0.39, 0.29) is 5.56 Å². The smallest absolute Gasteiger partial charge is 0.298 e. The summed E-state index contributed by atoms with van der Waals surface area (Å²) in [5.41, 5.74) is 13.3. The van der Waals surface area contributed by atoms with E-state index in [4.69, 9.17) is 17.3 Å². The number of nitrogens with two attached hydrogens (primary N) is 3. The molecule has 1 aromatic heterocycles. The van der Waals surface area contributed by atoms with Crippen LogP contribution in [0.15, 0.2) is 47.7 Å². The molecule has 2 heterocycles. The quantitative estimate of drug-likeness (QED) is 0.439. The number of aromatic nitrogens is 2. The van der Waals surface area contributed by atoms with E-state index < -0.39 is 0 Å². The van der Waals surface area contributed by atoms with E-state index in [0.717, 1.165) is 56.1 Å². The molecular formula is C20H30N8O. The third-order valence-corrected chi connectivity index (χ3v) is 5.05. The van der Waals surface area contributed by atoms with E-state index >= 15 is 0 Å². The molecule has 0 saturated carbocycles. The van der Waals surface area contributed by atoms with Crippen LogP contribution in [0.25, 0.3) is 5.69 Å². The lowest BCUT2D eigenvalue weighted by molar-refractivity contribution is 0.311. The summed E-state index contributed by atoms with van der Waals surface area (Å²) in [5.74, 6) is 6.40. The number of benzene rings is 1. The molecule has 2 aromatic rings.